The summed E-state index contributed by atoms with van der Waals surface area (Å²) < 4.78 is 43.0. The molecular weight excluding hydrogens is 487 g/mol. The van der Waals surface area contributed by atoms with Crippen molar-refractivity contribution in [3.63, 3.8) is 0 Å². The largest absolute Gasteiger partial charge is 0.435 e. The van der Waals surface area contributed by atoms with E-state index < -0.39 is 11.9 Å². The monoisotopic (exact) mass is 513 g/mol. The summed E-state index contributed by atoms with van der Waals surface area (Å²) in [6.07, 6.45) is 0.0824. The van der Waals surface area contributed by atoms with Gasteiger partial charge in [0.25, 0.3) is 0 Å². The number of fused-ring (bicyclic) bond motifs is 1. The number of rotatable bonds is 7. The zero-order valence-electron chi connectivity index (χ0n) is 20.0. The van der Waals surface area contributed by atoms with Gasteiger partial charge in [0.05, 0.1) is 6.54 Å². The molecule has 3 aromatic rings. The first kappa shape index (κ1) is 25.7. The van der Waals surface area contributed by atoms with Crippen LogP contribution in [0.25, 0.3) is 11.1 Å². The van der Waals surface area contributed by atoms with Gasteiger partial charge in [-0.15, -0.1) is 11.3 Å². The number of hydrogen-bond acceptors (Lipinski definition) is 5. The number of nitriles is 1. The predicted molar refractivity (Wildman–Crippen MR) is 132 cm³/mol. The van der Waals surface area contributed by atoms with Crippen LogP contribution in [0.5, 0.6) is 0 Å². The summed E-state index contributed by atoms with van der Waals surface area (Å²) in [6, 6.07) is 10.9. The van der Waals surface area contributed by atoms with E-state index >= 15 is 0 Å². The number of nitrogens with zero attached hydrogens (tertiary/aromatic N) is 4. The molecule has 6 nitrogen and oxygen atoms in total. The minimum Gasteiger partial charge on any atom is -0.333 e. The number of aromatic nitrogens is 2. The molecule has 1 amide bonds. The van der Waals surface area contributed by atoms with Crippen LogP contribution in [0.1, 0.15) is 46.3 Å². The summed E-state index contributed by atoms with van der Waals surface area (Å²) in [5, 5.41) is 16.4. The molecule has 0 saturated heterocycles. The molecular formula is C26H26F3N5OS. The van der Waals surface area contributed by atoms with Crippen LogP contribution in [0.4, 0.5) is 13.2 Å². The van der Waals surface area contributed by atoms with E-state index in [1.165, 1.54) is 28.3 Å². The summed E-state index contributed by atoms with van der Waals surface area (Å²) in [7, 11) is 0. The maximum absolute atomic E-state index is 13.9. The van der Waals surface area contributed by atoms with Gasteiger partial charge < -0.3 is 10.2 Å². The van der Waals surface area contributed by atoms with Crippen molar-refractivity contribution in [2.75, 3.05) is 19.6 Å². The van der Waals surface area contributed by atoms with Crippen LogP contribution < -0.4 is 5.32 Å². The van der Waals surface area contributed by atoms with E-state index in [1.54, 1.807) is 48.2 Å². The molecule has 0 aliphatic carbocycles. The van der Waals surface area contributed by atoms with E-state index in [2.05, 4.69) is 16.5 Å². The van der Waals surface area contributed by atoms with Crippen LogP contribution >= 0.6 is 11.3 Å². The van der Waals surface area contributed by atoms with E-state index in [-0.39, 0.29) is 17.4 Å². The minimum atomic E-state index is -4.61. The third-order valence-electron chi connectivity index (χ3n) is 6.13. The number of aryl methyl sites for hydroxylation is 1. The first-order valence-electron chi connectivity index (χ1n) is 11.7. The van der Waals surface area contributed by atoms with Gasteiger partial charge in [-0.25, -0.2) is 0 Å². The van der Waals surface area contributed by atoms with Crippen LogP contribution in [-0.4, -0.2) is 40.2 Å². The minimum absolute atomic E-state index is 0.00576. The molecule has 1 aromatic carbocycles. The molecule has 3 heterocycles. The highest BCUT2D eigenvalue weighted by Crippen LogP contribution is 2.44. The van der Waals surface area contributed by atoms with Crippen LogP contribution in [0.15, 0.2) is 48.7 Å². The van der Waals surface area contributed by atoms with Gasteiger partial charge in [-0.3, -0.25) is 9.48 Å². The van der Waals surface area contributed by atoms with Crippen molar-refractivity contribution in [3.8, 4) is 17.2 Å². The van der Waals surface area contributed by atoms with Gasteiger partial charge in [-0.2, -0.15) is 23.5 Å². The molecule has 36 heavy (non-hydrogen) atoms. The highest BCUT2D eigenvalue weighted by Gasteiger charge is 2.39. The fourth-order valence-electron chi connectivity index (χ4n) is 4.44. The zero-order chi connectivity index (χ0) is 25.9. The van der Waals surface area contributed by atoms with Crippen LogP contribution in [0.3, 0.4) is 0 Å². The summed E-state index contributed by atoms with van der Waals surface area (Å²) >= 11 is 1.32. The Kier molecular flexibility index (Phi) is 7.62. The van der Waals surface area contributed by atoms with Gasteiger partial charge in [0.2, 0.25) is 5.91 Å². The average Bonchev–Trinajstić information content (AvgIpc) is 3.50. The molecule has 1 atom stereocenters. The van der Waals surface area contributed by atoms with Crippen molar-refractivity contribution >= 4 is 17.2 Å². The smallest absolute Gasteiger partial charge is 0.333 e. The molecule has 0 saturated carbocycles. The van der Waals surface area contributed by atoms with Gasteiger partial charge in [-0.1, -0.05) is 37.3 Å². The summed E-state index contributed by atoms with van der Waals surface area (Å²) in [5.41, 5.74) is 1.03. The number of carbonyl (C=O) groups excluding carboxylic acids is 1. The second-order valence-corrected chi connectivity index (χ2v) is 9.55. The van der Waals surface area contributed by atoms with Crippen LogP contribution in [0, 0.1) is 11.3 Å². The predicted octanol–water partition coefficient (Wildman–Crippen LogP) is 5.16. The second-order valence-electron chi connectivity index (χ2n) is 8.41. The second kappa shape index (κ2) is 10.7. The lowest BCUT2D eigenvalue weighted by atomic mass is 9.83. The Morgan fingerprint density at radius 1 is 1.28 bits per heavy atom. The molecule has 4 rings (SSSR count). The molecule has 1 aliphatic rings. The number of thiophene rings is 1. The summed E-state index contributed by atoms with van der Waals surface area (Å²) in [5.74, 6) is -0.566. The highest BCUT2D eigenvalue weighted by molar-refractivity contribution is 7.12. The molecule has 0 fully saturated rings. The quantitative estimate of drug-likeness (QED) is 0.350. The summed E-state index contributed by atoms with van der Waals surface area (Å²) in [6.45, 7) is 6.00. The Morgan fingerprint density at radius 2 is 2.06 bits per heavy atom. The van der Waals surface area contributed by atoms with Gasteiger partial charge in [-0.05, 0) is 36.2 Å². The summed E-state index contributed by atoms with van der Waals surface area (Å²) in [4.78, 5) is 16.1. The lowest BCUT2D eigenvalue weighted by Gasteiger charge is -2.33. The van der Waals surface area contributed by atoms with Crippen molar-refractivity contribution in [2.24, 2.45) is 0 Å². The average molecular weight is 514 g/mol. The first-order chi connectivity index (χ1) is 17.3. The normalized spacial score (nSPS) is 15.8. The van der Waals surface area contributed by atoms with Crippen molar-refractivity contribution in [1.29, 1.82) is 5.26 Å². The Morgan fingerprint density at radius 3 is 2.75 bits per heavy atom. The fourth-order valence-corrected chi connectivity index (χ4v) is 5.47. The third-order valence-corrected chi connectivity index (χ3v) is 7.17. The maximum Gasteiger partial charge on any atom is 0.435 e. The van der Waals surface area contributed by atoms with Gasteiger partial charge in [0.1, 0.15) is 10.9 Å². The number of nitrogens with one attached hydrogen (secondary N) is 1. The molecule has 10 heteroatoms. The SMILES string of the molecule is CCNC/C=C/C(=O)N1Cc2sc(C#N)cc2C(c2ccccc2-c2cn(CC)nc2C(F)(F)F)C1. The van der Waals surface area contributed by atoms with E-state index in [0.29, 0.717) is 42.2 Å². The molecule has 1 aliphatic heterocycles. The first-order valence-corrected chi connectivity index (χ1v) is 12.5. The standard InChI is InChI=1S/C26H26F3N5OS/c1-3-31-11-7-10-24(35)33-14-21(20-12-17(13-30)36-23(20)16-33)18-8-5-6-9-19(18)22-15-34(4-2)32-25(22)26(27,28)29/h5-10,12,15,21,31H,3-4,11,14,16H2,1-2H3/b10-7+. The number of likely N-dealkylation sites (N-methyl/N-ethyl adjacent to an activating group) is 1. The van der Waals surface area contributed by atoms with Crippen LogP contribution in [-0.2, 0) is 24.1 Å². The van der Waals surface area contributed by atoms with Crippen molar-refractivity contribution in [3.05, 3.63) is 75.3 Å². The van der Waals surface area contributed by atoms with Gasteiger partial charge >= 0.3 is 6.18 Å². The molecule has 1 N–H and O–H groups in total. The Bertz CT molecular complexity index is 1320. The Balaban J connectivity index is 1.80. The number of halogens is 3. The molecule has 0 radical (unpaired) electrons. The lowest BCUT2D eigenvalue weighted by molar-refractivity contribution is -0.141. The highest BCUT2D eigenvalue weighted by atomic mass is 32.1. The number of alkyl halides is 3. The third kappa shape index (κ3) is 5.22. The van der Waals surface area contributed by atoms with Crippen molar-refractivity contribution < 1.29 is 18.0 Å². The molecule has 1 unspecified atom stereocenters. The van der Waals surface area contributed by atoms with E-state index in [1.807, 2.05) is 6.92 Å². The Labute approximate surface area is 211 Å². The van der Waals surface area contributed by atoms with Gasteiger partial charge in [0, 0.05) is 48.3 Å². The molecule has 2 aromatic heterocycles. The van der Waals surface area contributed by atoms with E-state index in [9.17, 15) is 23.2 Å². The molecule has 0 spiro atoms. The number of carbonyl (C=O) groups is 1. The van der Waals surface area contributed by atoms with Crippen molar-refractivity contribution in [2.45, 2.75) is 39.0 Å². The van der Waals surface area contributed by atoms with E-state index in [4.69, 9.17) is 0 Å². The topological polar surface area (TPSA) is 74.0 Å². The lowest BCUT2D eigenvalue weighted by Crippen LogP contribution is -2.37. The molecule has 188 valence electrons. The number of benzene rings is 1. The fraction of sp³-hybridized carbons (Fsp3) is 0.346. The number of amides is 1. The van der Waals surface area contributed by atoms with Crippen molar-refractivity contribution in [1.82, 2.24) is 20.0 Å². The van der Waals surface area contributed by atoms with E-state index in [0.717, 1.165) is 17.0 Å². The maximum atomic E-state index is 13.9. The van der Waals surface area contributed by atoms with Crippen LogP contribution in [0.2, 0.25) is 0 Å². The number of hydrogen-bond donors (Lipinski definition) is 1. The Hall–Kier alpha value is -3.42. The van der Waals surface area contributed by atoms with Gasteiger partial charge in [0.15, 0.2) is 5.69 Å². The zero-order valence-corrected chi connectivity index (χ0v) is 20.8. The molecule has 0 bridgehead atoms.